The van der Waals surface area contributed by atoms with Crippen LogP contribution in [0.25, 0.3) is 10.8 Å². The summed E-state index contributed by atoms with van der Waals surface area (Å²) < 4.78 is 5.90. The van der Waals surface area contributed by atoms with Crippen LogP contribution in [-0.4, -0.2) is 43.6 Å². The summed E-state index contributed by atoms with van der Waals surface area (Å²) >= 11 is 0. The number of nitrogens with zero attached hydrogens (tertiary/aromatic N) is 1. The van der Waals surface area contributed by atoms with Crippen molar-refractivity contribution in [2.45, 2.75) is 19.3 Å². The highest BCUT2D eigenvalue weighted by Gasteiger charge is 2.14. The average Bonchev–Trinajstić information content (AvgIpc) is 2.88. The fourth-order valence-corrected chi connectivity index (χ4v) is 2.98. The molecule has 1 fully saturated rings. The zero-order valence-electron chi connectivity index (χ0n) is 13.9. The molecule has 24 heavy (non-hydrogen) atoms. The van der Waals surface area contributed by atoms with Crippen molar-refractivity contribution < 1.29 is 9.53 Å². The largest absolute Gasteiger partial charge is 0.493 e. The third-order valence-corrected chi connectivity index (χ3v) is 4.23. The van der Waals surface area contributed by atoms with E-state index in [2.05, 4.69) is 23.5 Å². The van der Waals surface area contributed by atoms with Gasteiger partial charge in [-0.2, -0.15) is 0 Å². The van der Waals surface area contributed by atoms with Gasteiger partial charge in [0.1, 0.15) is 5.75 Å². The van der Waals surface area contributed by atoms with Gasteiger partial charge < -0.3 is 15.0 Å². The van der Waals surface area contributed by atoms with E-state index in [-0.39, 0.29) is 18.3 Å². The van der Waals surface area contributed by atoms with Crippen LogP contribution in [-0.2, 0) is 4.79 Å². The van der Waals surface area contributed by atoms with Gasteiger partial charge in [0.2, 0.25) is 5.91 Å². The summed E-state index contributed by atoms with van der Waals surface area (Å²) in [6.07, 6.45) is 2.36. The van der Waals surface area contributed by atoms with Crippen LogP contribution >= 0.6 is 12.4 Å². The Morgan fingerprint density at radius 3 is 2.83 bits per heavy atom. The Morgan fingerprint density at radius 2 is 1.92 bits per heavy atom. The van der Waals surface area contributed by atoms with Crippen LogP contribution in [0.1, 0.15) is 19.3 Å². The highest BCUT2D eigenvalue weighted by atomic mass is 35.5. The number of hydrogen-bond donors (Lipinski definition) is 1. The second-order valence-corrected chi connectivity index (χ2v) is 5.91. The second kappa shape index (κ2) is 9.50. The van der Waals surface area contributed by atoms with Gasteiger partial charge in [0.05, 0.1) is 6.61 Å². The van der Waals surface area contributed by atoms with Crippen molar-refractivity contribution in [3.8, 4) is 5.75 Å². The number of ether oxygens (including phenoxy) is 1. The maximum absolute atomic E-state index is 12.2. The smallest absolute Gasteiger partial charge is 0.222 e. The van der Waals surface area contributed by atoms with Crippen molar-refractivity contribution in [3.05, 3.63) is 42.5 Å². The molecule has 1 saturated heterocycles. The van der Waals surface area contributed by atoms with Crippen LogP contribution < -0.4 is 10.1 Å². The van der Waals surface area contributed by atoms with E-state index >= 15 is 0 Å². The molecule has 2 aromatic carbocycles. The minimum atomic E-state index is 0. The van der Waals surface area contributed by atoms with E-state index in [1.54, 1.807) is 0 Å². The van der Waals surface area contributed by atoms with Crippen LogP contribution in [0.2, 0.25) is 0 Å². The monoisotopic (exact) mass is 348 g/mol. The Kier molecular flexibility index (Phi) is 7.35. The van der Waals surface area contributed by atoms with Gasteiger partial charge >= 0.3 is 0 Å². The Labute approximate surface area is 149 Å². The van der Waals surface area contributed by atoms with Gasteiger partial charge in [0.15, 0.2) is 0 Å². The maximum atomic E-state index is 12.2. The molecule has 1 amide bonds. The van der Waals surface area contributed by atoms with E-state index in [1.165, 1.54) is 5.39 Å². The summed E-state index contributed by atoms with van der Waals surface area (Å²) in [6.45, 7) is 4.18. The number of fused-ring (bicyclic) bond motifs is 1. The fourth-order valence-electron chi connectivity index (χ4n) is 2.98. The quantitative estimate of drug-likeness (QED) is 0.843. The number of nitrogens with one attached hydrogen (secondary N) is 1. The van der Waals surface area contributed by atoms with Crippen LogP contribution in [0.5, 0.6) is 5.75 Å². The topological polar surface area (TPSA) is 41.6 Å². The van der Waals surface area contributed by atoms with E-state index in [4.69, 9.17) is 4.74 Å². The van der Waals surface area contributed by atoms with Crippen molar-refractivity contribution in [3.63, 3.8) is 0 Å². The average molecular weight is 349 g/mol. The lowest BCUT2D eigenvalue weighted by Gasteiger charge is -2.19. The molecule has 1 heterocycles. The lowest BCUT2D eigenvalue weighted by atomic mass is 10.1. The van der Waals surface area contributed by atoms with E-state index in [1.807, 2.05) is 29.2 Å². The molecule has 0 atom stereocenters. The van der Waals surface area contributed by atoms with E-state index in [9.17, 15) is 4.79 Å². The molecular formula is C19H25ClN2O2. The first-order valence-corrected chi connectivity index (χ1v) is 8.44. The number of carbonyl (C=O) groups excluding carboxylic acids is 1. The summed E-state index contributed by atoms with van der Waals surface area (Å²) in [5.41, 5.74) is 0. The van der Waals surface area contributed by atoms with Crippen LogP contribution in [0.4, 0.5) is 0 Å². The van der Waals surface area contributed by atoms with Crippen LogP contribution in [0, 0.1) is 0 Å². The fraction of sp³-hybridized carbons (Fsp3) is 0.421. The Bertz CT molecular complexity index is 649. The summed E-state index contributed by atoms with van der Waals surface area (Å²) in [5, 5.41) is 5.62. The Hall–Kier alpha value is -1.78. The van der Waals surface area contributed by atoms with Crippen molar-refractivity contribution in [1.82, 2.24) is 10.2 Å². The molecule has 0 aromatic heterocycles. The molecule has 0 aliphatic carbocycles. The number of amides is 1. The summed E-state index contributed by atoms with van der Waals surface area (Å²) in [5.74, 6) is 1.14. The minimum Gasteiger partial charge on any atom is -0.493 e. The number of benzene rings is 2. The number of halogens is 1. The van der Waals surface area contributed by atoms with Gasteiger partial charge in [-0.05, 0) is 30.8 Å². The first-order chi connectivity index (χ1) is 11.3. The van der Waals surface area contributed by atoms with E-state index in [0.717, 1.165) is 50.2 Å². The Balaban J connectivity index is 0.00000208. The van der Waals surface area contributed by atoms with Crippen molar-refractivity contribution in [1.29, 1.82) is 0 Å². The Morgan fingerprint density at radius 1 is 1.08 bits per heavy atom. The highest BCUT2D eigenvalue weighted by molar-refractivity contribution is 5.88. The second-order valence-electron chi connectivity index (χ2n) is 5.91. The van der Waals surface area contributed by atoms with Crippen molar-refractivity contribution in [2.24, 2.45) is 0 Å². The predicted octanol–water partition coefficient (Wildman–Crippen LogP) is 3.24. The SMILES string of the molecule is Cl.O=C(CCCOc1cccc2ccccc12)N1CCCNCC1. The van der Waals surface area contributed by atoms with Crippen LogP contribution in [0.3, 0.4) is 0 Å². The first kappa shape index (κ1) is 18.6. The first-order valence-electron chi connectivity index (χ1n) is 8.44. The van der Waals surface area contributed by atoms with E-state index in [0.29, 0.717) is 13.0 Å². The van der Waals surface area contributed by atoms with Crippen molar-refractivity contribution >= 4 is 29.1 Å². The molecule has 1 N–H and O–H groups in total. The summed E-state index contributed by atoms with van der Waals surface area (Å²) in [7, 11) is 0. The van der Waals surface area contributed by atoms with Gasteiger partial charge in [0.25, 0.3) is 0 Å². The molecule has 1 aliphatic rings. The molecule has 130 valence electrons. The third kappa shape index (κ3) is 4.86. The molecule has 0 radical (unpaired) electrons. The standard InChI is InChI=1S/C19H24N2O2.ClH/c22-19(21-13-5-11-20-12-14-21)10-4-15-23-18-9-3-7-16-6-1-2-8-17(16)18;/h1-3,6-9,20H,4-5,10-15H2;1H. The molecule has 0 unspecified atom stereocenters. The van der Waals surface area contributed by atoms with Crippen LogP contribution in [0.15, 0.2) is 42.5 Å². The number of carbonyl (C=O) groups is 1. The zero-order chi connectivity index (χ0) is 15.9. The molecular weight excluding hydrogens is 324 g/mol. The van der Waals surface area contributed by atoms with Crippen molar-refractivity contribution in [2.75, 3.05) is 32.8 Å². The molecule has 1 aliphatic heterocycles. The molecule has 0 spiro atoms. The minimum absolute atomic E-state index is 0. The third-order valence-electron chi connectivity index (χ3n) is 4.23. The van der Waals surface area contributed by atoms with E-state index < -0.39 is 0 Å². The lowest BCUT2D eigenvalue weighted by molar-refractivity contribution is -0.131. The normalized spacial score (nSPS) is 14.8. The lowest BCUT2D eigenvalue weighted by Crippen LogP contribution is -2.34. The summed E-state index contributed by atoms with van der Waals surface area (Å²) in [4.78, 5) is 14.2. The van der Waals surface area contributed by atoms with Gasteiger partial charge in [-0.25, -0.2) is 0 Å². The number of rotatable bonds is 5. The molecule has 2 aromatic rings. The molecule has 3 rings (SSSR count). The maximum Gasteiger partial charge on any atom is 0.222 e. The summed E-state index contributed by atoms with van der Waals surface area (Å²) in [6, 6.07) is 14.3. The van der Waals surface area contributed by atoms with Gasteiger partial charge in [-0.3, -0.25) is 4.79 Å². The predicted molar refractivity (Wildman–Crippen MR) is 100.0 cm³/mol. The highest BCUT2D eigenvalue weighted by Crippen LogP contribution is 2.25. The number of hydrogen-bond acceptors (Lipinski definition) is 3. The zero-order valence-corrected chi connectivity index (χ0v) is 14.7. The van der Waals surface area contributed by atoms with Gasteiger partial charge in [0, 0.05) is 31.4 Å². The van der Waals surface area contributed by atoms with Gasteiger partial charge in [-0.1, -0.05) is 36.4 Å². The molecule has 4 nitrogen and oxygen atoms in total. The molecule has 0 bridgehead atoms. The van der Waals surface area contributed by atoms with Gasteiger partial charge in [-0.15, -0.1) is 12.4 Å². The molecule has 5 heteroatoms. The molecule has 0 saturated carbocycles.